The van der Waals surface area contributed by atoms with Crippen LogP contribution >= 0.6 is 0 Å². The molecule has 10 heteroatoms. The van der Waals surface area contributed by atoms with E-state index in [2.05, 4.69) is 5.32 Å². The molecule has 3 rings (SSSR count). The number of anilines is 1. The number of hydrogen-bond donors (Lipinski definition) is 1. The Balaban J connectivity index is 1.65. The van der Waals surface area contributed by atoms with Crippen LogP contribution in [-0.2, 0) is 14.8 Å². The predicted molar refractivity (Wildman–Crippen MR) is 111 cm³/mol. The maximum Gasteiger partial charge on any atom is 0.310 e. The van der Waals surface area contributed by atoms with E-state index >= 15 is 0 Å². The number of ether oxygens (including phenoxy) is 1. The van der Waals surface area contributed by atoms with Crippen LogP contribution in [0.15, 0.2) is 53.4 Å². The molecule has 1 unspecified atom stereocenters. The molecule has 1 fully saturated rings. The smallest absolute Gasteiger partial charge is 0.310 e. The molecule has 0 spiro atoms. The van der Waals surface area contributed by atoms with Crippen molar-refractivity contribution in [2.45, 2.75) is 37.2 Å². The highest BCUT2D eigenvalue weighted by Gasteiger charge is 2.26. The number of carbonyl (C=O) groups is 1. The average molecular weight is 433 g/mol. The highest BCUT2D eigenvalue weighted by Crippen LogP contribution is 2.27. The summed E-state index contributed by atoms with van der Waals surface area (Å²) in [6.45, 7) is 2.50. The van der Waals surface area contributed by atoms with Gasteiger partial charge in [0.25, 0.3) is 5.91 Å². The maximum atomic E-state index is 12.7. The summed E-state index contributed by atoms with van der Waals surface area (Å²) >= 11 is 0. The van der Waals surface area contributed by atoms with Gasteiger partial charge in [0.2, 0.25) is 10.0 Å². The van der Waals surface area contributed by atoms with Gasteiger partial charge in [-0.05, 0) is 50.1 Å². The fraction of sp³-hybridized carbons (Fsp3) is 0.350. The topological polar surface area (TPSA) is 119 Å². The van der Waals surface area contributed by atoms with Gasteiger partial charge in [-0.3, -0.25) is 14.9 Å². The molecule has 1 saturated heterocycles. The fourth-order valence-corrected chi connectivity index (χ4v) is 4.68. The summed E-state index contributed by atoms with van der Waals surface area (Å²) in [5, 5.41) is 13.7. The van der Waals surface area contributed by atoms with Crippen LogP contribution in [0.2, 0.25) is 0 Å². The monoisotopic (exact) mass is 433 g/mol. The minimum atomic E-state index is -3.55. The molecule has 0 aromatic heterocycles. The summed E-state index contributed by atoms with van der Waals surface area (Å²) in [6, 6.07) is 11.7. The molecule has 30 heavy (non-hydrogen) atoms. The maximum absolute atomic E-state index is 12.7. The molecule has 160 valence electrons. The number of carbonyl (C=O) groups excluding carboxylic acids is 1. The van der Waals surface area contributed by atoms with E-state index in [0.717, 1.165) is 19.3 Å². The van der Waals surface area contributed by atoms with Gasteiger partial charge < -0.3 is 10.1 Å². The van der Waals surface area contributed by atoms with E-state index in [4.69, 9.17) is 4.74 Å². The lowest BCUT2D eigenvalue weighted by Gasteiger charge is -2.25. The van der Waals surface area contributed by atoms with E-state index in [-0.39, 0.29) is 16.3 Å². The number of nitrogens with one attached hydrogen (secondary N) is 1. The van der Waals surface area contributed by atoms with Crippen molar-refractivity contribution in [2.75, 3.05) is 18.4 Å². The Labute approximate surface area is 174 Å². The summed E-state index contributed by atoms with van der Waals surface area (Å²) in [5.41, 5.74) is 0.167. The first kappa shape index (κ1) is 21.7. The van der Waals surface area contributed by atoms with Crippen LogP contribution in [0, 0.1) is 10.1 Å². The lowest BCUT2D eigenvalue weighted by molar-refractivity contribution is -0.386. The molecule has 2 aromatic rings. The highest BCUT2D eigenvalue weighted by atomic mass is 32.2. The summed E-state index contributed by atoms with van der Waals surface area (Å²) in [6.07, 6.45) is 1.74. The van der Waals surface area contributed by atoms with Crippen molar-refractivity contribution < 1.29 is 22.9 Å². The summed E-state index contributed by atoms with van der Waals surface area (Å²) in [5.74, 6) is -0.520. The van der Waals surface area contributed by atoms with Gasteiger partial charge in [0.1, 0.15) is 0 Å². The zero-order chi connectivity index (χ0) is 21.7. The number of para-hydroxylation sites is 2. The standard InChI is InChI=1S/C20H23N3O6S/c1-15(29-19-8-4-3-7-18(19)23(25)26)20(24)21-16-9-11-17(12-10-16)30(27,28)22-13-5-2-6-14-22/h3-4,7-12,15H,2,5-6,13-14H2,1H3,(H,21,24). The summed E-state index contributed by atoms with van der Waals surface area (Å²) in [7, 11) is -3.55. The second kappa shape index (κ2) is 9.23. The molecular weight excluding hydrogens is 410 g/mol. The van der Waals surface area contributed by atoms with Crippen molar-refractivity contribution in [3.63, 3.8) is 0 Å². The molecule has 1 heterocycles. The van der Waals surface area contributed by atoms with Crippen LogP contribution in [0.25, 0.3) is 0 Å². The van der Waals surface area contributed by atoms with Gasteiger partial charge >= 0.3 is 5.69 Å². The van der Waals surface area contributed by atoms with Crippen molar-refractivity contribution in [3.05, 3.63) is 58.6 Å². The number of nitro groups is 1. The van der Waals surface area contributed by atoms with E-state index in [9.17, 15) is 23.3 Å². The fourth-order valence-electron chi connectivity index (χ4n) is 3.16. The third kappa shape index (κ3) is 4.95. The molecule has 0 radical (unpaired) electrons. The van der Waals surface area contributed by atoms with Gasteiger partial charge in [-0.1, -0.05) is 18.6 Å². The Morgan fingerprint density at radius 2 is 1.73 bits per heavy atom. The normalized spacial score (nSPS) is 15.9. The summed E-state index contributed by atoms with van der Waals surface area (Å²) in [4.78, 5) is 23.0. The molecule has 1 aliphatic rings. The van der Waals surface area contributed by atoms with Crippen LogP contribution in [0.3, 0.4) is 0 Å². The Kier molecular flexibility index (Phi) is 6.68. The molecule has 9 nitrogen and oxygen atoms in total. The largest absolute Gasteiger partial charge is 0.474 e. The van der Waals surface area contributed by atoms with E-state index in [1.807, 2.05) is 0 Å². The van der Waals surface area contributed by atoms with Crippen molar-refractivity contribution in [1.82, 2.24) is 4.31 Å². The molecule has 1 N–H and O–H groups in total. The first-order chi connectivity index (χ1) is 14.3. The third-order valence-corrected chi connectivity index (χ3v) is 6.72. The molecule has 0 saturated carbocycles. The second-order valence-corrected chi connectivity index (χ2v) is 8.90. The van der Waals surface area contributed by atoms with E-state index in [1.165, 1.54) is 53.7 Å². The molecule has 0 bridgehead atoms. The first-order valence-corrected chi connectivity index (χ1v) is 11.0. The van der Waals surface area contributed by atoms with Gasteiger partial charge in [0, 0.05) is 24.8 Å². The van der Waals surface area contributed by atoms with Gasteiger partial charge in [-0.2, -0.15) is 4.31 Å². The van der Waals surface area contributed by atoms with Gasteiger partial charge in [0.05, 0.1) is 9.82 Å². The number of sulfonamides is 1. The lowest BCUT2D eigenvalue weighted by atomic mass is 10.2. The Morgan fingerprint density at radius 3 is 2.37 bits per heavy atom. The van der Waals surface area contributed by atoms with Crippen LogP contribution in [0.5, 0.6) is 5.75 Å². The molecule has 1 amide bonds. The van der Waals surface area contributed by atoms with Crippen molar-refractivity contribution in [3.8, 4) is 5.75 Å². The minimum absolute atomic E-state index is 0.00637. The van der Waals surface area contributed by atoms with Gasteiger partial charge in [0.15, 0.2) is 11.9 Å². The number of hydrogen-bond acceptors (Lipinski definition) is 6. The molecular formula is C20H23N3O6S. The molecule has 1 aliphatic heterocycles. The van der Waals surface area contributed by atoms with Crippen LogP contribution < -0.4 is 10.1 Å². The lowest BCUT2D eigenvalue weighted by Crippen LogP contribution is -2.35. The quantitative estimate of drug-likeness (QED) is 0.529. The van der Waals surface area contributed by atoms with E-state index < -0.39 is 27.0 Å². The number of amides is 1. The first-order valence-electron chi connectivity index (χ1n) is 9.60. The predicted octanol–water partition coefficient (Wildman–Crippen LogP) is 3.18. The van der Waals surface area contributed by atoms with E-state index in [1.54, 1.807) is 6.07 Å². The van der Waals surface area contributed by atoms with Crippen molar-refractivity contribution in [2.24, 2.45) is 0 Å². The summed E-state index contributed by atoms with van der Waals surface area (Å²) < 4.78 is 32.3. The molecule has 2 aromatic carbocycles. The van der Waals surface area contributed by atoms with Crippen molar-refractivity contribution >= 4 is 27.3 Å². The Morgan fingerprint density at radius 1 is 1.10 bits per heavy atom. The average Bonchev–Trinajstić information content (AvgIpc) is 2.75. The van der Waals surface area contributed by atoms with Gasteiger partial charge in [-0.25, -0.2) is 8.42 Å². The SMILES string of the molecule is CC(Oc1ccccc1[N+](=O)[O-])C(=O)Nc1ccc(S(=O)(=O)N2CCCCC2)cc1. The molecule has 0 aliphatic carbocycles. The molecule has 1 atom stereocenters. The number of nitrogens with zero attached hydrogens (tertiary/aromatic N) is 2. The minimum Gasteiger partial charge on any atom is -0.474 e. The van der Waals surface area contributed by atoms with Crippen molar-refractivity contribution in [1.29, 1.82) is 0 Å². The zero-order valence-corrected chi connectivity index (χ0v) is 17.3. The van der Waals surface area contributed by atoms with Gasteiger partial charge in [-0.15, -0.1) is 0 Å². The number of rotatable bonds is 7. The number of nitro benzene ring substituents is 1. The zero-order valence-electron chi connectivity index (χ0n) is 16.5. The second-order valence-electron chi connectivity index (χ2n) is 6.96. The number of benzene rings is 2. The number of piperidine rings is 1. The van der Waals surface area contributed by atoms with Crippen LogP contribution in [0.1, 0.15) is 26.2 Å². The Bertz CT molecular complexity index is 1020. The Hall–Kier alpha value is -2.98. The van der Waals surface area contributed by atoms with E-state index in [0.29, 0.717) is 18.8 Å². The van der Waals surface area contributed by atoms with Crippen LogP contribution in [0.4, 0.5) is 11.4 Å². The third-order valence-electron chi connectivity index (χ3n) is 4.81. The highest BCUT2D eigenvalue weighted by molar-refractivity contribution is 7.89. The van der Waals surface area contributed by atoms with Crippen LogP contribution in [-0.4, -0.2) is 42.7 Å².